The number of halogens is 1. The number of rotatable bonds is 1. The van der Waals surface area contributed by atoms with Crippen LogP contribution in [-0.2, 0) is 6.42 Å². The summed E-state index contributed by atoms with van der Waals surface area (Å²) in [5.74, 6) is 0.267. The molecule has 1 aromatic carbocycles. The zero-order valence-corrected chi connectivity index (χ0v) is 9.52. The summed E-state index contributed by atoms with van der Waals surface area (Å²) < 4.78 is 1.70. The number of phenols is 1. The molecule has 0 aliphatic carbocycles. The first-order chi connectivity index (χ1) is 6.70. The van der Waals surface area contributed by atoms with Crippen LogP contribution in [0.3, 0.4) is 0 Å². The van der Waals surface area contributed by atoms with Crippen LogP contribution in [0.5, 0.6) is 5.75 Å². The number of hydrogen-bond acceptors (Lipinski definition) is 3. The molecule has 0 atom stereocenters. The SMILES string of the molecule is N#CCc1cc2cc(Br)cc(O)c2s1. The Bertz CT molecular complexity index is 527. The maximum Gasteiger partial charge on any atom is 0.134 e. The van der Waals surface area contributed by atoms with Crippen LogP contribution in [0, 0.1) is 11.3 Å². The summed E-state index contributed by atoms with van der Waals surface area (Å²) >= 11 is 4.77. The number of phenolic OH excluding ortho intramolecular Hbond substituents is 1. The third-order valence-electron chi connectivity index (χ3n) is 1.87. The van der Waals surface area contributed by atoms with E-state index in [1.807, 2.05) is 12.1 Å². The van der Waals surface area contributed by atoms with Crippen molar-refractivity contribution in [2.24, 2.45) is 0 Å². The minimum absolute atomic E-state index is 0.267. The zero-order valence-electron chi connectivity index (χ0n) is 7.12. The van der Waals surface area contributed by atoms with Crippen LogP contribution in [0.25, 0.3) is 10.1 Å². The molecule has 0 spiro atoms. The van der Waals surface area contributed by atoms with Gasteiger partial charge in [0.05, 0.1) is 17.2 Å². The van der Waals surface area contributed by atoms with Gasteiger partial charge in [0.1, 0.15) is 5.75 Å². The molecule has 2 rings (SSSR count). The van der Waals surface area contributed by atoms with Gasteiger partial charge < -0.3 is 5.11 Å². The van der Waals surface area contributed by atoms with E-state index in [2.05, 4.69) is 22.0 Å². The van der Waals surface area contributed by atoms with Crippen LogP contribution in [0.2, 0.25) is 0 Å². The second kappa shape index (κ2) is 3.60. The fourth-order valence-electron chi connectivity index (χ4n) is 1.32. The monoisotopic (exact) mass is 267 g/mol. The predicted molar refractivity (Wildman–Crippen MR) is 60.5 cm³/mol. The fourth-order valence-corrected chi connectivity index (χ4v) is 2.76. The van der Waals surface area contributed by atoms with E-state index in [0.29, 0.717) is 6.42 Å². The lowest BCUT2D eigenvalue weighted by Crippen LogP contribution is -1.68. The molecule has 4 heteroatoms. The van der Waals surface area contributed by atoms with Gasteiger partial charge in [0.15, 0.2) is 0 Å². The molecule has 0 fully saturated rings. The minimum Gasteiger partial charge on any atom is -0.506 e. The van der Waals surface area contributed by atoms with Crippen LogP contribution < -0.4 is 0 Å². The van der Waals surface area contributed by atoms with E-state index in [-0.39, 0.29) is 5.75 Å². The van der Waals surface area contributed by atoms with Crippen LogP contribution in [0.15, 0.2) is 22.7 Å². The van der Waals surface area contributed by atoms with E-state index in [1.54, 1.807) is 6.07 Å². The number of fused-ring (bicyclic) bond motifs is 1. The van der Waals surface area contributed by atoms with Crippen molar-refractivity contribution in [2.75, 3.05) is 0 Å². The van der Waals surface area contributed by atoms with Crippen molar-refractivity contribution >= 4 is 37.4 Å². The Balaban J connectivity index is 2.66. The quantitative estimate of drug-likeness (QED) is 0.861. The van der Waals surface area contributed by atoms with Crippen molar-refractivity contribution in [1.82, 2.24) is 0 Å². The molecule has 0 saturated heterocycles. The molecule has 0 amide bonds. The summed E-state index contributed by atoms with van der Waals surface area (Å²) in [5, 5.41) is 19.2. The largest absolute Gasteiger partial charge is 0.506 e. The highest BCUT2D eigenvalue weighted by Gasteiger charge is 2.06. The Morgan fingerprint density at radius 2 is 2.21 bits per heavy atom. The molecule has 0 aliphatic heterocycles. The molecule has 0 unspecified atom stereocenters. The van der Waals surface area contributed by atoms with Crippen molar-refractivity contribution in [3.8, 4) is 11.8 Å². The molecule has 0 aliphatic rings. The molecule has 0 saturated carbocycles. The van der Waals surface area contributed by atoms with Gasteiger partial charge in [-0.25, -0.2) is 0 Å². The van der Waals surface area contributed by atoms with Crippen molar-refractivity contribution in [3.05, 3.63) is 27.5 Å². The lowest BCUT2D eigenvalue weighted by atomic mass is 10.2. The number of nitriles is 1. The summed E-state index contributed by atoms with van der Waals surface area (Å²) in [6, 6.07) is 7.63. The highest BCUT2D eigenvalue weighted by Crippen LogP contribution is 2.35. The topological polar surface area (TPSA) is 44.0 Å². The Hall–Kier alpha value is -1.05. The first-order valence-corrected chi connectivity index (χ1v) is 5.59. The molecule has 2 nitrogen and oxygen atoms in total. The van der Waals surface area contributed by atoms with E-state index in [4.69, 9.17) is 5.26 Å². The summed E-state index contributed by atoms with van der Waals surface area (Å²) in [6.07, 6.45) is 0.399. The Morgan fingerprint density at radius 3 is 2.93 bits per heavy atom. The smallest absolute Gasteiger partial charge is 0.134 e. The highest BCUT2D eigenvalue weighted by atomic mass is 79.9. The average molecular weight is 268 g/mol. The lowest BCUT2D eigenvalue weighted by molar-refractivity contribution is 0.482. The van der Waals surface area contributed by atoms with Crippen molar-refractivity contribution < 1.29 is 5.11 Å². The van der Waals surface area contributed by atoms with Crippen molar-refractivity contribution in [1.29, 1.82) is 5.26 Å². The third kappa shape index (κ3) is 1.61. The van der Waals surface area contributed by atoms with E-state index < -0.39 is 0 Å². The first-order valence-electron chi connectivity index (χ1n) is 3.98. The standard InChI is InChI=1S/C10H6BrNOS/c11-7-3-6-4-8(1-2-12)14-10(6)9(13)5-7/h3-5,13H,1H2. The van der Waals surface area contributed by atoms with Crippen LogP contribution in [-0.4, -0.2) is 5.11 Å². The maximum atomic E-state index is 9.63. The molecule has 2 aromatic rings. The van der Waals surface area contributed by atoms with Gasteiger partial charge in [-0.05, 0) is 23.6 Å². The van der Waals surface area contributed by atoms with E-state index in [0.717, 1.165) is 19.4 Å². The van der Waals surface area contributed by atoms with Crippen LogP contribution >= 0.6 is 27.3 Å². The van der Waals surface area contributed by atoms with Crippen molar-refractivity contribution in [3.63, 3.8) is 0 Å². The van der Waals surface area contributed by atoms with Gasteiger partial charge in [-0.1, -0.05) is 15.9 Å². The lowest BCUT2D eigenvalue weighted by Gasteiger charge is -1.94. The van der Waals surface area contributed by atoms with Gasteiger partial charge in [0.25, 0.3) is 0 Å². The number of aromatic hydroxyl groups is 1. The summed E-state index contributed by atoms with van der Waals surface area (Å²) in [4.78, 5) is 0.982. The van der Waals surface area contributed by atoms with Gasteiger partial charge in [0, 0.05) is 9.35 Å². The molecule has 0 radical (unpaired) electrons. The molecule has 1 N–H and O–H groups in total. The van der Waals surface area contributed by atoms with E-state index in [9.17, 15) is 5.11 Å². The second-order valence-corrected chi connectivity index (χ2v) is 4.94. The van der Waals surface area contributed by atoms with Gasteiger partial charge in [-0.2, -0.15) is 5.26 Å². The number of hydrogen-bond donors (Lipinski definition) is 1. The van der Waals surface area contributed by atoms with Gasteiger partial charge in [0.2, 0.25) is 0 Å². The molecular formula is C10H6BrNOS. The minimum atomic E-state index is 0.267. The number of nitrogens with zero attached hydrogens (tertiary/aromatic N) is 1. The average Bonchev–Trinajstić information content (AvgIpc) is 2.48. The first kappa shape index (κ1) is 9.50. The fraction of sp³-hybridized carbons (Fsp3) is 0.100. The number of thiophene rings is 1. The predicted octanol–water partition coefficient (Wildman–Crippen LogP) is 3.44. The van der Waals surface area contributed by atoms with E-state index in [1.165, 1.54) is 11.3 Å². The molecule has 1 aromatic heterocycles. The Morgan fingerprint density at radius 1 is 1.43 bits per heavy atom. The summed E-state index contributed by atoms with van der Waals surface area (Å²) in [6.45, 7) is 0. The second-order valence-electron chi connectivity index (χ2n) is 2.89. The molecule has 0 bridgehead atoms. The molecule has 14 heavy (non-hydrogen) atoms. The maximum absolute atomic E-state index is 9.63. The molecular weight excluding hydrogens is 262 g/mol. The van der Waals surface area contributed by atoms with Gasteiger partial charge >= 0.3 is 0 Å². The highest BCUT2D eigenvalue weighted by molar-refractivity contribution is 9.10. The number of benzene rings is 1. The Labute approximate surface area is 93.5 Å². The normalized spacial score (nSPS) is 10.3. The van der Waals surface area contributed by atoms with Gasteiger partial charge in [-0.15, -0.1) is 11.3 Å². The van der Waals surface area contributed by atoms with Crippen LogP contribution in [0.1, 0.15) is 4.88 Å². The Kier molecular flexibility index (Phi) is 2.44. The zero-order chi connectivity index (χ0) is 10.1. The van der Waals surface area contributed by atoms with Crippen molar-refractivity contribution in [2.45, 2.75) is 6.42 Å². The summed E-state index contributed by atoms with van der Waals surface area (Å²) in [7, 11) is 0. The van der Waals surface area contributed by atoms with Crippen LogP contribution in [0.4, 0.5) is 0 Å². The summed E-state index contributed by atoms with van der Waals surface area (Å²) in [5.41, 5.74) is 0. The van der Waals surface area contributed by atoms with Gasteiger partial charge in [-0.3, -0.25) is 0 Å². The molecule has 1 heterocycles. The third-order valence-corrected chi connectivity index (χ3v) is 3.50. The molecule has 70 valence electrons. The van der Waals surface area contributed by atoms with E-state index >= 15 is 0 Å².